The van der Waals surface area contributed by atoms with E-state index in [0.29, 0.717) is 25.3 Å². The van der Waals surface area contributed by atoms with Crippen LogP contribution < -0.4 is 5.73 Å². The van der Waals surface area contributed by atoms with Gasteiger partial charge in [-0.15, -0.1) is 0 Å². The Morgan fingerprint density at radius 2 is 1.93 bits per heavy atom. The van der Waals surface area contributed by atoms with Gasteiger partial charge in [0.2, 0.25) is 12.7 Å². The molecule has 3 N–H and O–H groups in total. The van der Waals surface area contributed by atoms with Gasteiger partial charge in [0.1, 0.15) is 12.0 Å². The number of hydrogen-bond acceptors (Lipinski definition) is 4. The van der Waals surface area contributed by atoms with Crippen LogP contribution in [-0.2, 0) is 27.2 Å². The molecule has 3 aromatic rings. The number of aromatic nitrogens is 1. The molecule has 6 nitrogen and oxygen atoms in total. The van der Waals surface area contributed by atoms with Crippen LogP contribution in [0.4, 0.5) is 0 Å². The van der Waals surface area contributed by atoms with Crippen molar-refractivity contribution >= 4 is 16.8 Å². The van der Waals surface area contributed by atoms with E-state index in [0.717, 1.165) is 23.2 Å². The highest BCUT2D eigenvalue weighted by Gasteiger charge is 2.24. The van der Waals surface area contributed by atoms with E-state index in [2.05, 4.69) is 24.0 Å². The van der Waals surface area contributed by atoms with E-state index in [-0.39, 0.29) is 12.7 Å². The minimum Gasteiger partial charge on any atom is -0.462 e. The van der Waals surface area contributed by atoms with E-state index in [1.54, 1.807) is 0 Å². The van der Waals surface area contributed by atoms with Crippen LogP contribution in [0.15, 0.2) is 66.6 Å². The fourth-order valence-electron chi connectivity index (χ4n) is 3.89. The molecule has 0 fully saturated rings. The summed E-state index contributed by atoms with van der Waals surface area (Å²) in [6, 6.07) is 17.6. The van der Waals surface area contributed by atoms with Gasteiger partial charge in [-0.1, -0.05) is 48.5 Å². The van der Waals surface area contributed by atoms with Crippen molar-refractivity contribution in [3.8, 4) is 0 Å². The number of fused-ring (bicyclic) bond motifs is 1. The molecule has 0 saturated heterocycles. The maximum atomic E-state index is 13.2. The number of nitrogens with one attached hydrogen (secondary N) is 1. The molecule has 6 heteroatoms. The Morgan fingerprint density at radius 3 is 2.70 bits per heavy atom. The third kappa shape index (κ3) is 4.49. The molecule has 4 rings (SSSR count). The van der Waals surface area contributed by atoms with Gasteiger partial charge in [0, 0.05) is 36.1 Å². The van der Waals surface area contributed by atoms with E-state index >= 15 is 0 Å². The zero-order valence-electron chi connectivity index (χ0n) is 17.1. The van der Waals surface area contributed by atoms with Gasteiger partial charge in [0.25, 0.3) is 0 Å². The summed E-state index contributed by atoms with van der Waals surface area (Å²) >= 11 is 0. The fourth-order valence-corrected chi connectivity index (χ4v) is 3.89. The molecule has 1 aliphatic heterocycles. The van der Waals surface area contributed by atoms with E-state index in [4.69, 9.17) is 15.2 Å². The first-order valence-corrected chi connectivity index (χ1v) is 10.2. The molecule has 0 spiro atoms. The van der Waals surface area contributed by atoms with Crippen LogP contribution >= 0.6 is 0 Å². The maximum Gasteiger partial charge on any atom is 0.240 e. The standard InChI is InChI=1S/C24H27N3O3/c1-17-20(21-9-5-6-10-23(21)26-17)11-12-27(14-18-7-3-2-4-8-18)24(28)22(25)13-19-15-29-16-30-19/h2-10,15,22,26H,11-14,16,25H2,1H3. The summed E-state index contributed by atoms with van der Waals surface area (Å²) in [6.45, 7) is 3.36. The summed E-state index contributed by atoms with van der Waals surface area (Å²) in [5.74, 6) is 0.524. The lowest BCUT2D eigenvalue weighted by molar-refractivity contribution is -0.133. The Bertz CT molecular complexity index is 1040. The predicted octanol–water partition coefficient (Wildman–Crippen LogP) is 3.61. The summed E-state index contributed by atoms with van der Waals surface area (Å²) < 4.78 is 10.4. The van der Waals surface area contributed by atoms with Crippen LogP contribution in [0.25, 0.3) is 10.9 Å². The largest absolute Gasteiger partial charge is 0.462 e. The van der Waals surface area contributed by atoms with Crippen molar-refractivity contribution in [1.29, 1.82) is 0 Å². The molecule has 1 unspecified atom stereocenters. The topological polar surface area (TPSA) is 80.6 Å². The third-order valence-electron chi connectivity index (χ3n) is 5.45. The molecule has 2 aromatic carbocycles. The number of para-hydroxylation sites is 1. The number of ether oxygens (including phenoxy) is 2. The van der Waals surface area contributed by atoms with Crippen molar-refractivity contribution in [3.63, 3.8) is 0 Å². The summed E-state index contributed by atoms with van der Waals surface area (Å²) in [4.78, 5) is 18.5. The van der Waals surface area contributed by atoms with Crippen molar-refractivity contribution in [1.82, 2.24) is 9.88 Å². The first-order valence-electron chi connectivity index (χ1n) is 10.2. The number of carbonyl (C=O) groups excluding carboxylic acids is 1. The maximum absolute atomic E-state index is 13.2. The van der Waals surface area contributed by atoms with Crippen LogP contribution in [-0.4, -0.2) is 35.2 Å². The lowest BCUT2D eigenvalue weighted by Gasteiger charge is -2.26. The second-order valence-corrected chi connectivity index (χ2v) is 7.59. The number of rotatable bonds is 8. The normalized spacial score (nSPS) is 14.1. The number of nitrogens with zero attached hydrogens (tertiary/aromatic N) is 1. The van der Waals surface area contributed by atoms with Crippen LogP contribution in [0.5, 0.6) is 0 Å². The average molecular weight is 405 g/mol. The number of hydrogen-bond donors (Lipinski definition) is 2. The molecular formula is C24H27N3O3. The molecule has 30 heavy (non-hydrogen) atoms. The van der Waals surface area contributed by atoms with Gasteiger partial charge in [-0.3, -0.25) is 4.79 Å². The number of benzene rings is 2. The molecule has 1 amide bonds. The smallest absolute Gasteiger partial charge is 0.240 e. The van der Waals surface area contributed by atoms with Crippen molar-refractivity contribution in [2.75, 3.05) is 13.3 Å². The van der Waals surface area contributed by atoms with Crippen LogP contribution in [0.3, 0.4) is 0 Å². The van der Waals surface area contributed by atoms with Crippen molar-refractivity contribution in [3.05, 3.63) is 83.4 Å². The molecule has 1 aliphatic rings. The number of nitrogens with two attached hydrogens (primary N) is 1. The number of aryl methyl sites for hydroxylation is 1. The van der Waals surface area contributed by atoms with E-state index in [1.807, 2.05) is 47.4 Å². The lowest BCUT2D eigenvalue weighted by atomic mass is 10.1. The lowest BCUT2D eigenvalue weighted by Crippen LogP contribution is -2.44. The quantitative estimate of drug-likeness (QED) is 0.600. The number of amides is 1. The highest BCUT2D eigenvalue weighted by molar-refractivity contribution is 5.85. The second-order valence-electron chi connectivity index (χ2n) is 7.59. The van der Waals surface area contributed by atoms with Gasteiger partial charge >= 0.3 is 0 Å². The zero-order valence-corrected chi connectivity index (χ0v) is 17.1. The highest BCUT2D eigenvalue weighted by atomic mass is 16.7. The molecule has 2 heterocycles. The second kappa shape index (κ2) is 9.05. The predicted molar refractivity (Wildman–Crippen MR) is 116 cm³/mol. The average Bonchev–Trinajstić information content (AvgIpc) is 3.38. The van der Waals surface area contributed by atoms with Crippen LogP contribution in [0.2, 0.25) is 0 Å². The van der Waals surface area contributed by atoms with Gasteiger partial charge in [-0.05, 0) is 30.5 Å². The van der Waals surface area contributed by atoms with Crippen molar-refractivity contribution in [2.45, 2.75) is 32.4 Å². The van der Waals surface area contributed by atoms with Gasteiger partial charge < -0.3 is 25.1 Å². The molecule has 156 valence electrons. The monoisotopic (exact) mass is 405 g/mol. The summed E-state index contributed by atoms with van der Waals surface area (Å²) in [5, 5.41) is 1.20. The Kier molecular flexibility index (Phi) is 6.05. The van der Waals surface area contributed by atoms with Crippen molar-refractivity contribution < 1.29 is 14.3 Å². The third-order valence-corrected chi connectivity index (χ3v) is 5.45. The number of carbonyl (C=O) groups is 1. The Balaban J connectivity index is 1.52. The minimum absolute atomic E-state index is 0.0900. The minimum atomic E-state index is -0.675. The van der Waals surface area contributed by atoms with Gasteiger partial charge in [-0.2, -0.15) is 0 Å². The van der Waals surface area contributed by atoms with Crippen LogP contribution in [0.1, 0.15) is 23.2 Å². The Labute approximate surface area is 176 Å². The van der Waals surface area contributed by atoms with Gasteiger partial charge in [-0.25, -0.2) is 0 Å². The Morgan fingerprint density at radius 1 is 1.17 bits per heavy atom. The highest BCUT2D eigenvalue weighted by Crippen LogP contribution is 2.23. The molecule has 1 aromatic heterocycles. The molecule has 0 aliphatic carbocycles. The molecular weight excluding hydrogens is 378 g/mol. The first-order chi connectivity index (χ1) is 14.6. The summed E-state index contributed by atoms with van der Waals surface area (Å²) in [7, 11) is 0. The molecule has 0 saturated carbocycles. The first kappa shape index (κ1) is 20.0. The van der Waals surface area contributed by atoms with E-state index in [9.17, 15) is 4.79 Å². The Hall–Kier alpha value is -3.25. The van der Waals surface area contributed by atoms with Crippen molar-refractivity contribution in [2.24, 2.45) is 5.73 Å². The number of H-pyrrole nitrogens is 1. The van der Waals surface area contributed by atoms with Crippen LogP contribution in [0, 0.1) is 6.92 Å². The van der Waals surface area contributed by atoms with E-state index in [1.165, 1.54) is 17.2 Å². The molecule has 0 radical (unpaired) electrons. The number of aromatic amines is 1. The van der Waals surface area contributed by atoms with Gasteiger partial charge in [0.15, 0.2) is 0 Å². The van der Waals surface area contributed by atoms with Gasteiger partial charge in [0.05, 0.1) is 6.04 Å². The zero-order chi connectivity index (χ0) is 20.9. The van der Waals surface area contributed by atoms with E-state index < -0.39 is 6.04 Å². The molecule has 1 atom stereocenters. The fraction of sp³-hybridized carbons (Fsp3) is 0.292. The SMILES string of the molecule is Cc1[nH]c2ccccc2c1CCN(Cc1ccccc1)C(=O)C(N)CC1=COCO1. The molecule has 0 bridgehead atoms. The summed E-state index contributed by atoms with van der Waals surface area (Å²) in [6.07, 6.45) is 2.61. The summed E-state index contributed by atoms with van der Waals surface area (Å²) in [5.41, 5.74) is 10.8.